The molecule has 0 aromatic heterocycles. The lowest BCUT2D eigenvalue weighted by Crippen LogP contribution is -2.49. The molecule has 0 fully saturated rings. The Morgan fingerprint density at radius 3 is 0.639 bits per heavy atom. The van der Waals surface area contributed by atoms with Gasteiger partial charge in [-0.25, -0.2) is 0 Å². The first-order valence-electron chi connectivity index (χ1n) is 26.0. The minimum Gasteiger partial charge on any atom is -0.394 e. The minimum absolute atomic E-state index is 0.183. The van der Waals surface area contributed by atoms with Crippen LogP contribution in [0, 0.1) is 0 Å². The van der Waals surface area contributed by atoms with Gasteiger partial charge in [0.1, 0.15) is 0 Å². The third-order valence-corrected chi connectivity index (χ3v) is 12.1. The van der Waals surface area contributed by atoms with Crippen LogP contribution in [0.4, 0.5) is 0 Å². The van der Waals surface area contributed by atoms with Crippen molar-refractivity contribution in [1.29, 1.82) is 0 Å². The molecule has 0 rings (SSSR count). The molecule has 7 unspecified atom stereocenters. The molecule has 27 heteroatoms. The van der Waals surface area contributed by atoms with E-state index in [4.69, 9.17) is 11.5 Å². The van der Waals surface area contributed by atoms with Crippen LogP contribution in [0.15, 0.2) is 0 Å². The normalized spacial score (nSPS) is 15.5. The Balaban J connectivity index is 6.68. The monoisotopic (exact) mass is 1050 g/mol. The second kappa shape index (κ2) is 48.3. The Kier molecular flexibility index (Phi) is 47.6. The smallest absolute Gasteiger partial charge is 0.0897 e. The van der Waals surface area contributed by atoms with E-state index in [9.17, 15) is 71.5 Å². The SMILES string of the molecule is NCCN(CCNCC(O)CO)CCN(CCN(CCN(CCNCC(O)CO)CC(O)CO)CCN(CCN(CCN)CCNCC(O)CO)CC(O)CO)CCN(CCNCC(O)CO)CC(O)CO. The summed E-state index contributed by atoms with van der Waals surface area (Å²) in [5, 5.41) is 150. The van der Waals surface area contributed by atoms with Crippen LogP contribution >= 0.6 is 0 Å². The maximum Gasteiger partial charge on any atom is 0.0897 e. The number of hydrogen-bond donors (Lipinski definition) is 20. The van der Waals surface area contributed by atoms with E-state index in [1.165, 1.54) is 0 Å². The van der Waals surface area contributed by atoms with Crippen LogP contribution in [0.25, 0.3) is 0 Å². The van der Waals surface area contributed by atoms with Crippen LogP contribution in [0.3, 0.4) is 0 Å². The number of aliphatic hydroxyl groups excluding tert-OH is 14. The first-order chi connectivity index (χ1) is 34.7. The van der Waals surface area contributed by atoms with E-state index in [1.54, 1.807) is 0 Å². The highest BCUT2D eigenvalue weighted by molar-refractivity contribution is 4.77. The van der Waals surface area contributed by atoms with E-state index in [0.717, 1.165) is 0 Å². The van der Waals surface area contributed by atoms with Gasteiger partial charge in [0.05, 0.1) is 89.0 Å². The number of nitrogens with two attached hydrogens (primary N) is 2. The van der Waals surface area contributed by atoms with Gasteiger partial charge >= 0.3 is 0 Å². The van der Waals surface area contributed by atoms with Crippen molar-refractivity contribution < 1.29 is 71.5 Å². The molecule has 0 aliphatic heterocycles. The first kappa shape index (κ1) is 70.9. The Hall–Kier alpha value is -1.08. The van der Waals surface area contributed by atoms with Gasteiger partial charge in [0.25, 0.3) is 0 Å². The van der Waals surface area contributed by atoms with E-state index < -0.39 is 62.5 Å². The fraction of sp³-hybridized carbons (Fsp3) is 1.00. The van der Waals surface area contributed by atoms with Gasteiger partial charge in [-0.3, -0.25) is 34.3 Å². The molecular formula is C45H105N13O14. The maximum atomic E-state index is 10.7. The summed E-state index contributed by atoms with van der Waals surface area (Å²) in [6, 6.07) is 0. The molecule has 0 bridgehead atoms. The van der Waals surface area contributed by atoms with Gasteiger partial charge in [-0.2, -0.15) is 0 Å². The van der Waals surface area contributed by atoms with Crippen molar-refractivity contribution in [2.75, 3.05) is 249 Å². The van der Waals surface area contributed by atoms with Crippen LogP contribution in [0.2, 0.25) is 0 Å². The topological polar surface area (TPSA) is 406 Å². The number of hydrogen-bond acceptors (Lipinski definition) is 27. The summed E-state index contributed by atoms with van der Waals surface area (Å²) >= 11 is 0. The summed E-state index contributed by atoms with van der Waals surface area (Å²) in [5.74, 6) is 0. The molecule has 0 radical (unpaired) electrons. The molecule has 0 saturated carbocycles. The maximum absolute atomic E-state index is 10.7. The standard InChI is InChI=1S/C45H105N13O14/c46-1-7-52(9-3-48-25-39(66)32-59)13-14-54(18-21-56(29-43(70)36-63)11-5-50-27-41(68)34-61)15-16-55(19-22-57(30-44(71)37-64)12-6-51-28-42(69)35-62)20-24-58(31-45(72)38-65)23-17-53(8-2-47)10-4-49-26-40(67)33-60/h39-45,48-51,59-72H,1-38,46-47H2. The van der Waals surface area contributed by atoms with Crippen LogP contribution in [0.5, 0.6) is 0 Å². The second-order valence-electron chi connectivity index (χ2n) is 18.5. The zero-order valence-corrected chi connectivity index (χ0v) is 43.5. The zero-order valence-electron chi connectivity index (χ0n) is 43.5. The van der Waals surface area contributed by atoms with Gasteiger partial charge in [0.15, 0.2) is 0 Å². The van der Waals surface area contributed by atoms with Crippen molar-refractivity contribution in [2.45, 2.75) is 42.7 Å². The Bertz CT molecular complexity index is 1170. The van der Waals surface area contributed by atoms with Gasteiger partial charge in [-0.15, -0.1) is 0 Å². The number of nitrogens with zero attached hydrogens (tertiary/aromatic N) is 7. The zero-order chi connectivity index (χ0) is 53.8. The molecule has 0 aliphatic carbocycles. The Morgan fingerprint density at radius 1 is 0.250 bits per heavy atom. The van der Waals surface area contributed by atoms with Gasteiger partial charge < -0.3 is 104 Å². The Labute approximate surface area is 429 Å². The summed E-state index contributed by atoms with van der Waals surface area (Å²) in [7, 11) is 0. The average Bonchev–Trinajstić information content (AvgIpc) is 3.38. The number of nitrogens with one attached hydrogen (secondary N) is 4. The predicted molar refractivity (Wildman–Crippen MR) is 276 cm³/mol. The van der Waals surface area contributed by atoms with E-state index in [2.05, 4.69) is 45.8 Å². The quantitative estimate of drug-likeness (QED) is 0.0252. The molecule has 7 atom stereocenters. The van der Waals surface area contributed by atoms with Gasteiger partial charge in [0.2, 0.25) is 0 Å². The molecule has 0 aromatic rings. The summed E-state index contributed by atoms with van der Waals surface area (Å²) in [6.07, 6.45) is -6.52. The van der Waals surface area contributed by atoms with Crippen molar-refractivity contribution in [1.82, 2.24) is 55.6 Å². The highest BCUT2D eigenvalue weighted by Crippen LogP contribution is 2.04. The molecule has 0 saturated heterocycles. The molecule has 434 valence electrons. The highest BCUT2D eigenvalue weighted by atomic mass is 16.3. The van der Waals surface area contributed by atoms with Crippen LogP contribution in [0.1, 0.15) is 0 Å². The van der Waals surface area contributed by atoms with Crippen molar-refractivity contribution in [3.63, 3.8) is 0 Å². The lowest BCUT2D eigenvalue weighted by Gasteiger charge is -2.35. The molecule has 0 amide bonds. The molecule has 0 aliphatic rings. The minimum atomic E-state index is -0.993. The van der Waals surface area contributed by atoms with E-state index >= 15 is 0 Å². The van der Waals surface area contributed by atoms with E-state index in [1.807, 2.05) is 9.80 Å². The Morgan fingerprint density at radius 2 is 0.431 bits per heavy atom. The van der Waals surface area contributed by atoms with Crippen molar-refractivity contribution >= 4 is 0 Å². The van der Waals surface area contributed by atoms with Crippen LogP contribution < -0.4 is 32.7 Å². The van der Waals surface area contributed by atoms with E-state index in [0.29, 0.717) is 157 Å². The highest BCUT2D eigenvalue weighted by Gasteiger charge is 2.20. The largest absolute Gasteiger partial charge is 0.394 e. The summed E-state index contributed by atoms with van der Waals surface area (Å²) in [5.41, 5.74) is 12.0. The fourth-order valence-corrected chi connectivity index (χ4v) is 7.64. The molecule has 0 spiro atoms. The predicted octanol–water partition coefficient (Wildman–Crippen LogP) is -12.2. The summed E-state index contributed by atoms with van der Waals surface area (Å²) in [4.78, 5) is 15.1. The summed E-state index contributed by atoms with van der Waals surface area (Å²) < 4.78 is 0. The molecule has 0 aromatic carbocycles. The molecular weight excluding hydrogens is 947 g/mol. The van der Waals surface area contributed by atoms with Gasteiger partial charge in [0, 0.05) is 203 Å². The molecule has 72 heavy (non-hydrogen) atoms. The lowest BCUT2D eigenvalue weighted by molar-refractivity contribution is 0.0454. The van der Waals surface area contributed by atoms with Gasteiger partial charge in [-0.05, 0) is 0 Å². The third-order valence-electron chi connectivity index (χ3n) is 12.1. The van der Waals surface area contributed by atoms with Gasteiger partial charge in [-0.1, -0.05) is 0 Å². The summed E-state index contributed by atoms with van der Waals surface area (Å²) in [6.45, 7) is 11.9. The number of rotatable bonds is 55. The number of aliphatic hydroxyl groups is 14. The lowest BCUT2D eigenvalue weighted by atomic mass is 10.2. The molecule has 27 nitrogen and oxygen atoms in total. The second-order valence-corrected chi connectivity index (χ2v) is 18.5. The average molecular weight is 1050 g/mol. The van der Waals surface area contributed by atoms with Crippen molar-refractivity contribution in [3.8, 4) is 0 Å². The van der Waals surface area contributed by atoms with E-state index in [-0.39, 0.29) is 72.2 Å². The molecule has 22 N–H and O–H groups in total. The van der Waals surface area contributed by atoms with Crippen LogP contribution in [-0.2, 0) is 0 Å². The van der Waals surface area contributed by atoms with Crippen LogP contribution in [-0.4, -0.2) is 398 Å². The fourth-order valence-electron chi connectivity index (χ4n) is 7.64. The van der Waals surface area contributed by atoms with Crippen molar-refractivity contribution in [2.24, 2.45) is 11.5 Å². The third kappa shape index (κ3) is 40.2. The molecule has 0 heterocycles. The van der Waals surface area contributed by atoms with Crippen molar-refractivity contribution in [3.05, 3.63) is 0 Å². The first-order valence-corrected chi connectivity index (χ1v) is 26.0.